The van der Waals surface area contributed by atoms with Crippen LogP contribution in [0.25, 0.3) is 54.2 Å². The van der Waals surface area contributed by atoms with E-state index in [9.17, 15) is 0 Å². The van der Waals surface area contributed by atoms with Crippen LogP contribution in [0.5, 0.6) is 0 Å². The van der Waals surface area contributed by atoms with Crippen molar-refractivity contribution in [1.82, 2.24) is 0 Å². The zero-order valence-corrected chi connectivity index (χ0v) is 22.5. The molecule has 0 N–H and O–H groups in total. The van der Waals surface area contributed by atoms with Crippen LogP contribution < -0.4 is 4.90 Å². The maximum absolute atomic E-state index is 2.38. The predicted octanol–water partition coefficient (Wildman–Crippen LogP) is 11.4. The van der Waals surface area contributed by atoms with Gasteiger partial charge in [0.2, 0.25) is 0 Å². The molecule has 0 atom stereocenters. The molecule has 0 fully saturated rings. The average Bonchev–Trinajstić information content (AvgIpc) is 3.05. The van der Waals surface area contributed by atoms with Crippen molar-refractivity contribution >= 4 is 60.2 Å². The molecule has 1 nitrogen and oxygen atoms in total. The van der Waals surface area contributed by atoms with Gasteiger partial charge in [0.1, 0.15) is 0 Å². The predicted molar refractivity (Wildman–Crippen MR) is 177 cm³/mol. The van der Waals surface area contributed by atoms with Crippen molar-refractivity contribution < 1.29 is 0 Å². The first-order chi connectivity index (χ1) is 20.3. The van der Waals surface area contributed by atoms with Crippen LogP contribution in [-0.4, -0.2) is 0 Å². The molecule has 0 radical (unpaired) electrons. The van der Waals surface area contributed by atoms with E-state index in [1.807, 2.05) is 0 Å². The molecule has 0 heterocycles. The van der Waals surface area contributed by atoms with Gasteiger partial charge < -0.3 is 4.90 Å². The van der Waals surface area contributed by atoms with E-state index in [1.165, 1.54) is 59.9 Å². The lowest BCUT2D eigenvalue weighted by molar-refractivity contribution is 1.30. The smallest absolute Gasteiger partial charge is 0.0546 e. The van der Waals surface area contributed by atoms with Gasteiger partial charge in [-0.1, -0.05) is 127 Å². The SMILES string of the molecule is c1ccc(N(c2ccc(-c3ccc4c(ccc5ccccc54)c3)cc2)c2cc3ccccc3c3ccccc23)cc1. The van der Waals surface area contributed by atoms with Gasteiger partial charge >= 0.3 is 0 Å². The molecule has 0 saturated carbocycles. The molecule has 0 amide bonds. The Morgan fingerprint density at radius 3 is 1.59 bits per heavy atom. The van der Waals surface area contributed by atoms with E-state index in [1.54, 1.807) is 0 Å². The highest BCUT2D eigenvalue weighted by Crippen LogP contribution is 2.42. The average molecular weight is 522 g/mol. The lowest BCUT2D eigenvalue weighted by atomic mass is 9.97. The van der Waals surface area contributed by atoms with Crippen LogP contribution in [0.1, 0.15) is 0 Å². The van der Waals surface area contributed by atoms with Crippen molar-refractivity contribution in [2.24, 2.45) is 0 Å². The molecule has 0 aromatic heterocycles. The fraction of sp³-hybridized carbons (Fsp3) is 0. The summed E-state index contributed by atoms with van der Waals surface area (Å²) in [6.45, 7) is 0. The standard InChI is InChI=1S/C40H27N/c1-2-12-33(13-3-1)41(40-27-31-11-5-7-15-36(31)38-16-8-9-17-39(38)40)34-23-20-28(21-24-34)30-22-25-37-32(26-30)19-18-29-10-4-6-14-35(29)37/h1-27H. The minimum absolute atomic E-state index is 1.13. The van der Waals surface area contributed by atoms with E-state index in [0.29, 0.717) is 0 Å². The van der Waals surface area contributed by atoms with Crippen molar-refractivity contribution in [3.05, 3.63) is 164 Å². The summed E-state index contributed by atoms with van der Waals surface area (Å²) in [6, 6.07) is 59.3. The fourth-order valence-electron chi connectivity index (χ4n) is 6.22. The van der Waals surface area contributed by atoms with Gasteiger partial charge in [-0.3, -0.25) is 0 Å². The van der Waals surface area contributed by atoms with Gasteiger partial charge in [-0.25, -0.2) is 0 Å². The summed E-state index contributed by atoms with van der Waals surface area (Å²) in [7, 11) is 0. The van der Waals surface area contributed by atoms with Gasteiger partial charge in [0.15, 0.2) is 0 Å². The lowest BCUT2D eigenvalue weighted by Crippen LogP contribution is -2.10. The third kappa shape index (κ3) is 4.02. The first kappa shape index (κ1) is 23.5. The first-order valence-corrected chi connectivity index (χ1v) is 14.1. The van der Waals surface area contributed by atoms with E-state index in [2.05, 4.69) is 169 Å². The molecule has 41 heavy (non-hydrogen) atoms. The van der Waals surface area contributed by atoms with Gasteiger partial charge in [-0.2, -0.15) is 0 Å². The third-order valence-electron chi connectivity index (χ3n) is 8.21. The van der Waals surface area contributed by atoms with Crippen LogP contribution in [0.2, 0.25) is 0 Å². The second-order valence-electron chi connectivity index (χ2n) is 10.6. The molecule has 0 aliphatic rings. The Hall–Kier alpha value is -5.40. The van der Waals surface area contributed by atoms with Gasteiger partial charge in [-0.15, -0.1) is 0 Å². The van der Waals surface area contributed by atoms with E-state index in [4.69, 9.17) is 0 Å². The van der Waals surface area contributed by atoms with Gasteiger partial charge in [0.25, 0.3) is 0 Å². The summed E-state index contributed by atoms with van der Waals surface area (Å²) < 4.78 is 0. The minimum atomic E-state index is 1.13. The first-order valence-electron chi connectivity index (χ1n) is 14.1. The Morgan fingerprint density at radius 2 is 0.805 bits per heavy atom. The molecule has 0 spiro atoms. The van der Waals surface area contributed by atoms with Crippen LogP contribution in [0.4, 0.5) is 17.1 Å². The Balaban J connectivity index is 1.26. The molecular formula is C40H27N. The summed E-state index contributed by atoms with van der Waals surface area (Å²) in [5, 5.41) is 10.2. The minimum Gasteiger partial charge on any atom is -0.310 e. The molecule has 0 aliphatic carbocycles. The summed E-state index contributed by atoms with van der Waals surface area (Å²) in [6.07, 6.45) is 0. The number of rotatable bonds is 4. The van der Waals surface area contributed by atoms with Gasteiger partial charge in [0, 0.05) is 16.8 Å². The second-order valence-corrected chi connectivity index (χ2v) is 10.6. The second kappa shape index (κ2) is 9.66. The Bertz CT molecular complexity index is 2190. The molecule has 0 bridgehead atoms. The maximum atomic E-state index is 2.38. The van der Waals surface area contributed by atoms with E-state index >= 15 is 0 Å². The number of anilines is 3. The number of hydrogen-bond acceptors (Lipinski definition) is 1. The van der Waals surface area contributed by atoms with Crippen molar-refractivity contribution in [3.63, 3.8) is 0 Å². The summed E-state index contributed by atoms with van der Waals surface area (Å²) in [4.78, 5) is 2.38. The van der Waals surface area contributed by atoms with Gasteiger partial charge in [0.05, 0.1) is 5.69 Å². The third-order valence-corrected chi connectivity index (χ3v) is 8.21. The lowest BCUT2D eigenvalue weighted by Gasteiger charge is -2.27. The molecule has 0 unspecified atom stereocenters. The topological polar surface area (TPSA) is 3.24 Å². The Labute approximate surface area is 239 Å². The van der Waals surface area contributed by atoms with E-state index < -0.39 is 0 Å². The van der Waals surface area contributed by atoms with Crippen molar-refractivity contribution in [2.45, 2.75) is 0 Å². The van der Waals surface area contributed by atoms with Crippen LogP contribution in [0.15, 0.2) is 164 Å². The number of hydrogen-bond donors (Lipinski definition) is 0. The van der Waals surface area contributed by atoms with Crippen molar-refractivity contribution in [3.8, 4) is 11.1 Å². The number of benzene rings is 8. The normalized spacial score (nSPS) is 11.4. The zero-order chi connectivity index (χ0) is 27.2. The molecule has 8 rings (SSSR count). The molecule has 1 heteroatoms. The summed E-state index contributed by atoms with van der Waals surface area (Å²) in [5.41, 5.74) is 5.88. The number of para-hydroxylation sites is 1. The van der Waals surface area contributed by atoms with Crippen molar-refractivity contribution in [1.29, 1.82) is 0 Å². The monoisotopic (exact) mass is 521 g/mol. The zero-order valence-electron chi connectivity index (χ0n) is 22.5. The maximum Gasteiger partial charge on any atom is 0.0546 e. The molecule has 8 aromatic carbocycles. The van der Waals surface area contributed by atoms with Crippen LogP contribution in [0, 0.1) is 0 Å². The molecule has 192 valence electrons. The molecular weight excluding hydrogens is 494 g/mol. The molecule has 0 saturated heterocycles. The number of nitrogens with zero attached hydrogens (tertiary/aromatic N) is 1. The highest BCUT2D eigenvalue weighted by Gasteiger charge is 2.17. The highest BCUT2D eigenvalue weighted by molar-refractivity contribution is 6.14. The highest BCUT2D eigenvalue weighted by atomic mass is 15.1. The number of fused-ring (bicyclic) bond motifs is 6. The summed E-state index contributed by atoms with van der Waals surface area (Å²) in [5.74, 6) is 0. The van der Waals surface area contributed by atoms with Crippen molar-refractivity contribution in [2.75, 3.05) is 4.90 Å². The summed E-state index contributed by atoms with van der Waals surface area (Å²) >= 11 is 0. The Kier molecular flexibility index (Phi) is 5.53. The quantitative estimate of drug-likeness (QED) is 0.208. The fourth-order valence-corrected chi connectivity index (χ4v) is 6.22. The molecule has 8 aromatic rings. The largest absolute Gasteiger partial charge is 0.310 e. The van der Waals surface area contributed by atoms with Crippen LogP contribution >= 0.6 is 0 Å². The van der Waals surface area contributed by atoms with Crippen LogP contribution in [-0.2, 0) is 0 Å². The van der Waals surface area contributed by atoms with Crippen LogP contribution in [0.3, 0.4) is 0 Å². The van der Waals surface area contributed by atoms with E-state index in [0.717, 1.165) is 11.4 Å². The van der Waals surface area contributed by atoms with E-state index in [-0.39, 0.29) is 0 Å². The Morgan fingerprint density at radius 1 is 0.293 bits per heavy atom. The van der Waals surface area contributed by atoms with Gasteiger partial charge in [-0.05, 0) is 85.2 Å². The molecule has 0 aliphatic heterocycles.